The van der Waals surface area contributed by atoms with Crippen molar-refractivity contribution < 1.29 is 18.0 Å². The summed E-state index contributed by atoms with van der Waals surface area (Å²) in [6.07, 6.45) is -4.19. The van der Waals surface area contributed by atoms with Crippen LogP contribution in [0.3, 0.4) is 0 Å². The van der Waals surface area contributed by atoms with E-state index in [0.29, 0.717) is 39.3 Å². The van der Waals surface area contributed by atoms with E-state index in [4.69, 9.17) is 0 Å². The van der Waals surface area contributed by atoms with Gasteiger partial charge in [0.05, 0.1) is 5.92 Å². The highest BCUT2D eigenvalue weighted by molar-refractivity contribution is 5.80. The lowest BCUT2D eigenvalue weighted by atomic mass is 10.0. The predicted octanol–water partition coefficient (Wildman–Crippen LogP) is 0.301. The maximum atomic E-state index is 12.6. The summed E-state index contributed by atoms with van der Waals surface area (Å²) in [5, 5.41) is 3.02. The summed E-state index contributed by atoms with van der Waals surface area (Å²) in [5.74, 6) is 0.102. The zero-order valence-corrected chi connectivity index (χ0v) is 10.3. The van der Waals surface area contributed by atoms with Crippen LogP contribution >= 0.6 is 0 Å². The number of nitrogens with one attached hydrogen (secondary N) is 1. The second kappa shape index (κ2) is 5.05. The molecule has 0 spiro atoms. The van der Waals surface area contributed by atoms with E-state index in [1.165, 1.54) is 11.8 Å². The van der Waals surface area contributed by atoms with Crippen molar-refractivity contribution in [3.63, 3.8) is 0 Å². The predicted molar refractivity (Wildman–Crippen MR) is 60.0 cm³/mol. The third kappa shape index (κ3) is 2.77. The first-order valence-corrected chi connectivity index (χ1v) is 6.20. The molecule has 0 aromatic carbocycles. The van der Waals surface area contributed by atoms with Gasteiger partial charge in [0.25, 0.3) is 0 Å². The zero-order chi connectivity index (χ0) is 13.3. The summed E-state index contributed by atoms with van der Waals surface area (Å²) < 4.78 is 37.7. The van der Waals surface area contributed by atoms with E-state index in [1.807, 2.05) is 0 Å². The Bertz CT molecular complexity index is 309. The van der Waals surface area contributed by atoms with E-state index in [2.05, 4.69) is 5.32 Å². The van der Waals surface area contributed by atoms with Gasteiger partial charge in [-0.2, -0.15) is 13.2 Å². The molecule has 18 heavy (non-hydrogen) atoms. The number of hydrogen-bond acceptors (Lipinski definition) is 3. The Kier molecular flexibility index (Phi) is 3.82. The van der Waals surface area contributed by atoms with Crippen LogP contribution in [0.2, 0.25) is 0 Å². The Morgan fingerprint density at radius 3 is 2.17 bits per heavy atom. The average molecular weight is 265 g/mol. The quantitative estimate of drug-likeness (QED) is 0.780. The van der Waals surface area contributed by atoms with E-state index in [9.17, 15) is 18.0 Å². The number of carbonyl (C=O) groups excluding carboxylic acids is 1. The number of alkyl halides is 3. The number of carbonyl (C=O) groups is 1. The average Bonchev–Trinajstić information content (AvgIpc) is 2.24. The molecular formula is C11H18F3N3O. The van der Waals surface area contributed by atoms with Crippen LogP contribution in [0.4, 0.5) is 13.2 Å². The molecule has 2 heterocycles. The van der Waals surface area contributed by atoms with Crippen LogP contribution in [0.1, 0.15) is 6.92 Å². The SMILES string of the molecule is CC(N1CCN(C(=O)C2CNC2)CC1)C(F)(F)F. The van der Waals surface area contributed by atoms with Gasteiger partial charge in [0.1, 0.15) is 6.04 Å². The summed E-state index contributed by atoms with van der Waals surface area (Å²) in [7, 11) is 0. The molecule has 1 amide bonds. The van der Waals surface area contributed by atoms with Crippen LogP contribution in [0, 0.1) is 5.92 Å². The lowest BCUT2D eigenvalue weighted by Gasteiger charge is -2.40. The minimum Gasteiger partial charge on any atom is -0.340 e. The molecular weight excluding hydrogens is 247 g/mol. The first-order chi connectivity index (χ1) is 8.39. The number of halogens is 3. The van der Waals surface area contributed by atoms with Gasteiger partial charge < -0.3 is 10.2 Å². The van der Waals surface area contributed by atoms with Gasteiger partial charge in [0, 0.05) is 39.3 Å². The molecule has 2 aliphatic heterocycles. The topological polar surface area (TPSA) is 35.6 Å². The highest BCUT2D eigenvalue weighted by Crippen LogP contribution is 2.25. The lowest BCUT2D eigenvalue weighted by Crippen LogP contribution is -2.58. The van der Waals surface area contributed by atoms with Crippen molar-refractivity contribution in [1.82, 2.24) is 15.1 Å². The molecule has 2 aliphatic rings. The molecule has 1 unspecified atom stereocenters. The van der Waals surface area contributed by atoms with E-state index < -0.39 is 12.2 Å². The van der Waals surface area contributed by atoms with Crippen molar-refractivity contribution in [1.29, 1.82) is 0 Å². The van der Waals surface area contributed by atoms with Gasteiger partial charge in [-0.05, 0) is 6.92 Å². The summed E-state index contributed by atoms with van der Waals surface area (Å²) >= 11 is 0. The van der Waals surface area contributed by atoms with Crippen molar-refractivity contribution in [3.8, 4) is 0 Å². The molecule has 0 saturated carbocycles. The second-order valence-electron chi connectivity index (χ2n) is 4.93. The molecule has 0 radical (unpaired) electrons. The first kappa shape index (κ1) is 13.6. The van der Waals surface area contributed by atoms with Crippen LogP contribution < -0.4 is 5.32 Å². The number of hydrogen-bond donors (Lipinski definition) is 1. The van der Waals surface area contributed by atoms with Crippen LogP contribution in [-0.2, 0) is 4.79 Å². The fourth-order valence-corrected chi connectivity index (χ4v) is 2.26. The Labute approximate surface area is 104 Å². The van der Waals surface area contributed by atoms with Crippen molar-refractivity contribution in [2.45, 2.75) is 19.1 Å². The van der Waals surface area contributed by atoms with Gasteiger partial charge in [0.15, 0.2) is 0 Å². The van der Waals surface area contributed by atoms with E-state index in [-0.39, 0.29) is 11.8 Å². The summed E-state index contributed by atoms with van der Waals surface area (Å²) in [4.78, 5) is 15.0. The van der Waals surface area contributed by atoms with E-state index in [0.717, 1.165) is 0 Å². The molecule has 0 aliphatic carbocycles. The van der Waals surface area contributed by atoms with E-state index >= 15 is 0 Å². The summed E-state index contributed by atoms with van der Waals surface area (Å²) in [6, 6.07) is -1.43. The van der Waals surface area contributed by atoms with Crippen molar-refractivity contribution in [3.05, 3.63) is 0 Å². The number of rotatable bonds is 2. The first-order valence-electron chi connectivity index (χ1n) is 6.20. The highest BCUT2D eigenvalue weighted by atomic mass is 19.4. The smallest absolute Gasteiger partial charge is 0.340 e. The molecule has 7 heteroatoms. The molecule has 4 nitrogen and oxygen atoms in total. The normalized spacial score (nSPS) is 24.8. The largest absolute Gasteiger partial charge is 0.403 e. The van der Waals surface area contributed by atoms with Crippen LogP contribution in [0.15, 0.2) is 0 Å². The molecule has 1 N–H and O–H groups in total. The minimum atomic E-state index is -4.19. The van der Waals surface area contributed by atoms with Crippen LogP contribution in [-0.4, -0.2) is 67.2 Å². The monoisotopic (exact) mass is 265 g/mol. The number of piperazine rings is 1. The Morgan fingerprint density at radius 2 is 1.78 bits per heavy atom. The van der Waals surface area contributed by atoms with Gasteiger partial charge in [-0.1, -0.05) is 0 Å². The standard InChI is InChI=1S/C11H18F3N3O/c1-8(11(12,13)14)16-2-4-17(5-3-16)10(18)9-6-15-7-9/h8-9,15H,2-7H2,1H3. The van der Waals surface area contributed by atoms with E-state index in [1.54, 1.807) is 4.90 Å². The van der Waals surface area contributed by atoms with Crippen LogP contribution in [0.5, 0.6) is 0 Å². The fraction of sp³-hybridized carbons (Fsp3) is 0.909. The number of nitrogens with zero attached hydrogens (tertiary/aromatic N) is 2. The molecule has 0 aromatic heterocycles. The summed E-state index contributed by atoms with van der Waals surface area (Å²) in [5.41, 5.74) is 0. The molecule has 2 saturated heterocycles. The Hall–Kier alpha value is -0.820. The van der Waals surface area contributed by atoms with Gasteiger partial charge in [-0.3, -0.25) is 9.69 Å². The zero-order valence-electron chi connectivity index (χ0n) is 10.3. The van der Waals surface area contributed by atoms with Crippen molar-refractivity contribution in [2.24, 2.45) is 5.92 Å². The molecule has 104 valence electrons. The third-order valence-corrected chi connectivity index (χ3v) is 3.78. The third-order valence-electron chi connectivity index (χ3n) is 3.78. The fourth-order valence-electron chi connectivity index (χ4n) is 2.26. The van der Waals surface area contributed by atoms with Crippen LogP contribution in [0.25, 0.3) is 0 Å². The van der Waals surface area contributed by atoms with Gasteiger partial charge in [0.2, 0.25) is 5.91 Å². The Balaban J connectivity index is 1.82. The maximum Gasteiger partial charge on any atom is 0.403 e. The highest BCUT2D eigenvalue weighted by Gasteiger charge is 2.41. The second-order valence-corrected chi connectivity index (χ2v) is 4.93. The summed E-state index contributed by atoms with van der Waals surface area (Å²) in [6.45, 7) is 3.95. The van der Waals surface area contributed by atoms with Crippen molar-refractivity contribution in [2.75, 3.05) is 39.3 Å². The minimum absolute atomic E-state index is 0.0246. The number of amides is 1. The Morgan fingerprint density at radius 1 is 1.22 bits per heavy atom. The molecule has 0 aromatic rings. The lowest BCUT2D eigenvalue weighted by molar-refractivity contribution is -0.183. The molecule has 1 atom stereocenters. The van der Waals surface area contributed by atoms with Gasteiger partial charge in [-0.15, -0.1) is 0 Å². The van der Waals surface area contributed by atoms with Gasteiger partial charge >= 0.3 is 6.18 Å². The van der Waals surface area contributed by atoms with Crippen molar-refractivity contribution >= 4 is 5.91 Å². The molecule has 0 bridgehead atoms. The molecule has 2 fully saturated rings. The van der Waals surface area contributed by atoms with Gasteiger partial charge in [-0.25, -0.2) is 0 Å². The molecule has 2 rings (SSSR count). The maximum absolute atomic E-state index is 12.6.